The van der Waals surface area contributed by atoms with Crippen molar-refractivity contribution in [1.29, 1.82) is 0 Å². The molecule has 20 heavy (non-hydrogen) atoms. The van der Waals surface area contributed by atoms with E-state index in [2.05, 4.69) is 17.2 Å². The molecule has 2 unspecified atom stereocenters. The monoisotopic (exact) mass is 272 g/mol. The Bertz CT molecular complexity index is 531. The van der Waals surface area contributed by atoms with Crippen LogP contribution in [0, 0.1) is 0 Å². The van der Waals surface area contributed by atoms with Crippen LogP contribution in [0.4, 0.5) is 0 Å². The van der Waals surface area contributed by atoms with E-state index in [0.717, 1.165) is 16.9 Å². The average molecular weight is 272 g/mol. The van der Waals surface area contributed by atoms with Crippen molar-refractivity contribution in [3.63, 3.8) is 0 Å². The maximum Gasteiger partial charge on any atom is 0.119 e. The molecule has 0 aliphatic carbocycles. The Balaban J connectivity index is 2.12. The van der Waals surface area contributed by atoms with Crippen molar-refractivity contribution in [2.75, 3.05) is 13.7 Å². The van der Waals surface area contributed by atoms with Crippen LogP contribution in [0.25, 0.3) is 0 Å². The molecule has 1 heterocycles. The molecule has 2 rings (SSSR count). The third-order valence-electron chi connectivity index (χ3n) is 3.34. The molecule has 2 atom stereocenters. The van der Waals surface area contributed by atoms with Crippen molar-refractivity contribution in [1.82, 2.24) is 10.3 Å². The predicted molar refractivity (Wildman–Crippen MR) is 78.6 cm³/mol. The molecular formula is C16H20N2O2. The molecule has 1 aromatic carbocycles. The molecule has 4 heteroatoms. The zero-order valence-corrected chi connectivity index (χ0v) is 11.8. The van der Waals surface area contributed by atoms with Gasteiger partial charge < -0.3 is 15.2 Å². The van der Waals surface area contributed by atoms with Crippen LogP contribution in [-0.2, 0) is 0 Å². The number of rotatable bonds is 6. The van der Waals surface area contributed by atoms with E-state index in [4.69, 9.17) is 4.74 Å². The van der Waals surface area contributed by atoms with Crippen LogP contribution in [-0.4, -0.2) is 23.8 Å². The first kappa shape index (κ1) is 14.5. The van der Waals surface area contributed by atoms with Crippen molar-refractivity contribution < 1.29 is 9.84 Å². The van der Waals surface area contributed by atoms with Gasteiger partial charge in [0.2, 0.25) is 0 Å². The maximum absolute atomic E-state index is 9.62. The lowest BCUT2D eigenvalue weighted by Crippen LogP contribution is -2.27. The molecule has 4 nitrogen and oxygen atoms in total. The molecule has 0 aliphatic heterocycles. The van der Waals surface area contributed by atoms with Crippen molar-refractivity contribution in [2.45, 2.75) is 19.0 Å². The first-order chi connectivity index (χ1) is 9.74. The second kappa shape index (κ2) is 7.03. The summed E-state index contributed by atoms with van der Waals surface area (Å²) in [6.45, 7) is 2.10. The van der Waals surface area contributed by atoms with Crippen LogP contribution in [0.5, 0.6) is 5.75 Å². The minimum atomic E-state index is -0.131. The summed E-state index contributed by atoms with van der Waals surface area (Å²) in [6.07, 6.45) is 3.54. The number of aliphatic hydroxyl groups excluding tert-OH is 1. The number of nitrogens with zero attached hydrogens (tertiary/aromatic N) is 1. The van der Waals surface area contributed by atoms with E-state index in [1.807, 2.05) is 36.4 Å². The fraction of sp³-hybridized carbons (Fsp3) is 0.312. The molecule has 2 aromatic rings. The number of methoxy groups -OCH3 is 1. The summed E-state index contributed by atoms with van der Waals surface area (Å²) in [5.41, 5.74) is 2.15. The molecule has 1 aromatic heterocycles. The van der Waals surface area contributed by atoms with Gasteiger partial charge in [-0.1, -0.05) is 12.1 Å². The Morgan fingerprint density at radius 1 is 1.20 bits per heavy atom. The Hall–Kier alpha value is -1.91. The van der Waals surface area contributed by atoms with Gasteiger partial charge in [0.05, 0.1) is 19.8 Å². The molecular weight excluding hydrogens is 252 g/mol. The average Bonchev–Trinajstić information content (AvgIpc) is 2.53. The third kappa shape index (κ3) is 3.56. The lowest BCUT2D eigenvalue weighted by atomic mass is 10.0. The second-order valence-corrected chi connectivity index (χ2v) is 4.68. The van der Waals surface area contributed by atoms with Crippen LogP contribution in [0.1, 0.15) is 30.1 Å². The molecule has 0 saturated heterocycles. The third-order valence-corrected chi connectivity index (χ3v) is 3.34. The topological polar surface area (TPSA) is 54.4 Å². The molecule has 0 fully saturated rings. The number of hydrogen-bond acceptors (Lipinski definition) is 4. The highest BCUT2D eigenvalue weighted by Gasteiger charge is 2.15. The molecule has 106 valence electrons. The summed E-state index contributed by atoms with van der Waals surface area (Å²) in [4.78, 5) is 4.01. The number of hydrogen-bond donors (Lipinski definition) is 2. The van der Waals surface area contributed by atoms with Gasteiger partial charge >= 0.3 is 0 Å². The Morgan fingerprint density at radius 2 is 1.95 bits per heavy atom. The van der Waals surface area contributed by atoms with Gasteiger partial charge in [-0.15, -0.1) is 0 Å². The van der Waals surface area contributed by atoms with E-state index in [0.29, 0.717) is 0 Å². The smallest absolute Gasteiger partial charge is 0.119 e. The Morgan fingerprint density at radius 3 is 2.60 bits per heavy atom. The minimum absolute atomic E-state index is 0.0303. The zero-order chi connectivity index (χ0) is 14.4. The predicted octanol–water partition coefficient (Wildman–Crippen LogP) is 2.47. The van der Waals surface area contributed by atoms with Gasteiger partial charge in [-0.3, -0.25) is 4.98 Å². The summed E-state index contributed by atoms with van der Waals surface area (Å²) in [7, 11) is 1.64. The highest BCUT2D eigenvalue weighted by molar-refractivity contribution is 5.31. The highest BCUT2D eigenvalue weighted by atomic mass is 16.5. The van der Waals surface area contributed by atoms with Crippen LogP contribution >= 0.6 is 0 Å². The number of nitrogens with one attached hydrogen (secondary N) is 1. The molecule has 0 saturated carbocycles. The summed E-state index contributed by atoms with van der Waals surface area (Å²) in [6, 6.07) is 11.7. The molecule has 0 spiro atoms. The van der Waals surface area contributed by atoms with Gasteiger partial charge in [0.1, 0.15) is 5.75 Å². The molecule has 0 amide bonds. The first-order valence-electron chi connectivity index (χ1n) is 6.65. The van der Waals surface area contributed by atoms with Crippen LogP contribution in [0.2, 0.25) is 0 Å². The van der Waals surface area contributed by atoms with Crippen LogP contribution in [0.3, 0.4) is 0 Å². The zero-order valence-electron chi connectivity index (χ0n) is 11.8. The van der Waals surface area contributed by atoms with Crippen LogP contribution in [0.15, 0.2) is 48.8 Å². The standard InChI is InChI=1S/C16H20N2O2/c1-12(13-6-8-17-9-7-13)18-16(11-19)14-4-3-5-15(10-14)20-2/h3-10,12,16,18-19H,11H2,1-2H3. The van der Waals surface area contributed by atoms with E-state index in [1.54, 1.807) is 19.5 Å². The van der Waals surface area contributed by atoms with E-state index in [1.165, 1.54) is 0 Å². The van der Waals surface area contributed by atoms with Crippen molar-refractivity contribution >= 4 is 0 Å². The Kier molecular flexibility index (Phi) is 5.09. The van der Waals surface area contributed by atoms with Gasteiger partial charge in [0.15, 0.2) is 0 Å². The van der Waals surface area contributed by atoms with Crippen LogP contribution < -0.4 is 10.1 Å². The Labute approximate surface area is 119 Å². The van der Waals surface area contributed by atoms with Crippen molar-refractivity contribution in [3.05, 3.63) is 59.9 Å². The van der Waals surface area contributed by atoms with E-state index in [9.17, 15) is 5.11 Å². The largest absolute Gasteiger partial charge is 0.497 e. The number of pyridine rings is 1. The lowest BCUT2D eigenvalue weighted by molar-refractivity contribution is 0.235. The SMILES string of the molecule is COc1cccc(C(CO)NC(C)c2ccncc2)c1. The minimum Gasteiger partial charge on any atom is -0.497 e. The van der Waals surface area contributed by atoms with E-state index in [-0.39, 0.29) is 18.7 Å². The van der Waals surface area contributed by atoms with Gasteiger partial charge in [-0.25, -0.2) is 0 Å². The summed E-state index contributed by atoms with van der Waals surface area (Å²) < 4.78 is 5.22. The summed E-state index contributed by atoms with van der Waals surface area (Å²) in [5, 5.41) is 13.0. The fourth-order valence-electron chi connectivity index (χ4n) is 2.16. The number of aromatic nitrogens is 1. The normalized spacial score (nSPS) is 13.8. The van der Waals surface area contributed by atoms with Crippen molar-refractivity contribution in [3.8, 4) is 5.75 Å². The van der Waals surface area contributed by atoms with Gasteiger partial charge in [0.25, 0.3) is 0 Å². The van der Waals surface area contributed by atoms with Gasteiger partial charge in [0, 0.05) is 18.4 Å². The van der Waals surface area contributed by atoms with Gasteiger partial charge in [-0.2, -0.15) is 0 Å². The molecule has 0 bridgehead atoms. The maximum atomic E-state index is 9.62. The lowest BCUT2D eigenvalue weighted by Gasteiger charge is -2.22. The molecule has 0 radical (unpaired) electrons. The van der Waals surface area contributed by atoms with E-state index < -0.39 is 0 Å². The van der Waals surface area contributed by atoms with E-state index >= 15 is 0 Å². The number of benzene rings is 1. The summed E-state index contributed by atoms with van der Waals surface area (Å²) >= 11 is 0. The number of ether oxygens (including phenoxy) is 1. The highest BCUT2D eigenvalue weighted by Crippen LogP contribution is 2.22. The molecule has 2 N–H and O–H groups in total. The fourth-order valence-corrected chi connectivity index (χ4v) is 2.16. The second-order valence-electron chi connectivity index (χ2n) is 4.68. The van der Waals surface area contributed by atoms with Gasteiger partial charge in [-0.05, 0) is 42.3 Å². The summed E-state index contributed by atoms with van der Waals surface area (Å²) in [5.74, 6) is 0.791. The quantitative estimate of drug-likeness (QED) is 0.848. The first-order valence-corrected chi connectivity index (χ1v) is 6.65. The van der Waals surface area contributed by atoms with Crippen molar-refractivity contribution in [2.24, 2.45) is 0 Å². The molecule has 0 aliphatic rings. The number of aliphatic hydroxyl groups is 1.